The molecule has 2 aliphatic carbocycles. The first-order valence-corrected chi connectivity index (χ1v) is 15.7. The van der Waals surface area contributed by atoms with E-state index in [-0.39, 0.29) is 12.4 Å². The van der Waals surface area contributed by atoms with Gasteiger partial charge in [0.2, 0.25) is 0 Å². The molecule has 46 heavy (non-hydrogen) atoms. The van der Waals surface area contributed by atoms with E-state index in [1.54, 1.807) is 32.9 Å². The predicted molar refractivity (Wildman–Crippen MR) is 155 cm³/mol. The summed E-state index contributed by atoms with van der Waals surface area (Å²) in [5.41, 5.74) is -4.92. The monoisotopic (exact) mass is 648 g/mol. The van der Waals surface area contributed by atoms with Gasteiger partial charge in [-0.1, -0.05) is 33.8 Å². The molecule has 1 saturated carbocycles. The van der Waals surface area contributed by atoms with E-state index in [1.807, 2.05) is 13.8 Å². The van der Waals surface area contributed by atoms with Gasteiger partial charge < -0.3 is 48.5 Å². The maximum atomic E-state index is 14.2. The van der Waals surface area contributed by atoms with Crippen molar-refractivity contribution >= 4 is 17.7 Å². The third-order valence-electron chi connectivity index (χ3n) is 12.2. The van der Waals surface area contributed by atoms with Gasteiger partial charge in [-0.05, 0) is 43.2 Å². The van der Waals surface area contributed by atoms with Crippen LogP contribution in [0.4, 0.5) is 0 Å². The minimum absolute atomic E-state index is 0.162. The summed E-state index contributed by atoms with van der Waals surface area (Å²) >= 11 is 0. The van der Waals surface area contributed by atoms with Crippen LogP contribution in [0.3, 0.4) is 0 Å². The van der Waals surface area contributed by atoms with E-state index in [0.717, 1.165) is 0 Å². The van der Waals surface area contributed by atoms with Crippen LogP contribution in [0.25, 0.3) is 0 Å². The first kappa shape index (κ1) is 33.3. The van der Waals surface area contributed by atoms with Gasteiger partial charge in [0.1, 0.15) is 41.5 Å². The molecule has 13 heteroatoms. The molecule has 0 aromatic carbocycles. The molecule has 3 saturated heterocycles. The highest BCUT2D eigenvalue weighted by molar-refractivity contribution is 5.96. The highest BCUT2D eigenvalue weighted by atomic mass is 16.7. The molecule has 1 aromatic heterocycles. The summed E-state index contributed by atoms with van der Waals surface area (Å²) in [4.78, 5) is 41.0. The average molecular weight is 649 g/mol. The molecule has 13 atom stereocenters. The maximum absolute atomic E-state index is 14.2. The van der Waals surface area contributed by atoms with E-state index in [0.29, 0.717) is 18.4 Å². The fourth-order valence-corrected chi connectivity index (χ4v) is 9.58. The summed E-state index contributed by atoms with van der Waals surface area (Å²) < 4.78 is 34.8. The van der Waals surface area contributed by atoms with Crippen LogP contribution in [0.1, 0.15) is 59.1 Å². The number of cyclic esters (lactones) is 1. The minimum Gasteiger partial charge on any atom is -0.472 e. The van der Waals surface area contributed by atoms with Gasteiger partial charge in [-0.3, -0.25) is 9.59 Å². The van der Waals surface area contributed by atoms with Crippen molar-refractivity contribution in [2.75, 3.05) is 20.3 Å². The maximum Gasteiger partial charge on any atom is 0.339 e. The molecule has 4 N–H and O–H groups in total. The molecule has 4 heterocycles. The number of hydrogen-bond donors (Lipinski definition) is 4. The number of carbonyl (C=O) groups is 3. The van der Waals surface area contributed by atoms with Crippen LogP contribution in [0.15, 0.2) is 35.2 Å². The standard InChI is InChI=1S/C33H44O13/c1-29(2)19(15-43-27-23(38)22(37)21(36)17(13-34)44-27)30(3,10-8-20(29)35)18-7-11-31(4)24(16-9-12-42-14-16)45-26(39)25-33(31,46-25)32(18,5)28(40)41-6/h8-10,12,14,17-19,21-25,27,34,36-38H,7,11,13,15H2,1-6H3/t17-,18-,19+,21-,22+,23-,24+,25-,27-,30-,31+,32-,33-/m1/s1. The summed E-state index contributed by atoms with van der Waals surface area (Å²) in [6.07, 6.45) is -1.92. The molecule has 0 amide bonds. The number of methoxy groups -OCH3 is 1. The quantitative estimate of drug-likeness (QED) is 0.244. The lowest BCUT2D eigenvalue weighted by Crippen LogP contribution is -2.69. The van der Waals surface area contributed by atoms with Crippen molar-refractivity contribution in [1.29, 1.82) is 0 Å². The second kappa shape index (κ2) is 10.9. The topological polar surface area (TPSA) is 195 Å². The summed E-state index contributed by atoms with van der Waals surface area (Å²) in [5.74, 6) is -2.50. The fraction of sp³-hybridized carbons (Fsp3) is 0.727. The molecule has 0 bridgehead atoms. The highest BCUT2D eigenvalue weighted by Gasteiger charge is 2.88. The first-order chi connectivity index (χ1) is 21.6. The summed E-state index contributed by atoms with van der Waals surface area (Å²) in [7, 11) is 1.30. The smallest absolute Gasteiger partial charge is 0.339 e. The van der Waals surface area contributed by atoms with E-state index in [4.69, 9.17) is 28.1 Å². The molecule has 1 aromatic rings. The van der Waals surface area contributed by atoms with Crippen LogP contribution in [0, 0.1) is 33.5 Å². The van der Waals surface area contributed by atoms with Gasteiger partial charge in [-0.15, -0.1) is 0 Å². The number of hydrogen-bond acceptors (Lipinski definition) is 13. The Kier molecular flexibility index (Phi) is 7.91. The number of esters is 2. The predicted octanol–water partition coefficient (Wildman–Crippen LogP) is 1.21. The number of ether oxygens (including phenoxy) is 5. The van der Waals surface area contributed by atoms with Crippen LogP contribution in [0.5, 0.6) is 0 Å². The Morgan fingerprint density at radius 2 is 1.76 bits per heavy atom. The largest absolute Gasteiger partial charge is 0.472 e. The van der Waals surface area contributed by atoms with Crippen molar-refractivity contribution in [3.8, 4) is 0 Å². The molecule has 6 rings (SSSR count). The number of epoxide rings is 1. The van der Waals surface area contributed by atoms with Crippen LogP contribution in [0.2, 0.25) is 0 Å². The van der Waals surface area contributed by atoms with Crippen molar-refractivity contribution in [3.05, 3.63) is 36.3 Å². The van der Waals surface area contributed by atoms with Gasteiger partial charge >= 0.3 is 11.9 Å². The van der Waals surface area contributed by atoms with Gasteiger partial charge in [0.15, 0.2) is 18.2 Å². The Balaban J connectivity index is 1.41. The van der Waals surface area contributed by atoms with Crippen LogP contribution >= 0.6 is 0 Å². The van der Waals surface area contributed by atoms with Crippen LogP contribution in [-0.2, 0) is 38.1 Å². The van der Waals surface area contributed by atoms with Crippen molar-refractivity contribution in [2.45, 2.75) is 96.0 Å². The Bertz CT molecular complexity index is 1400. The molecular weight excluding hydrogens is 604 g/mol. The lowest BCUT2D eigenvalue weighted by molar-refractivity contribution is -0.307. The number of carbonyl (C=O) groups excluding carboxylic acids is 3. The fourth-order valence-electron chi connectivity index (χ4n) is 9.58. The van der Waals surface area contributed by atoms with E-state index in [2.05, 4.69) is 0 Å². The third kappa shape index (κ3) is 4.22. The number of furan rings is 1. The van der Waals surface area contributed by atoms with E-state index < -0.39 is 101 Å². The molecule has 1 spiro atoms. The van der Waals surface area contributed by atoms with Crippen molar-refractivity contribution in [2.24, 2.45) is 33.5 Å². The lowest BCUT2D eigenvalue weighted by atomic mass is 9.40. The molecule has 0 unspecified atom stereocenters. The van der Waals surface area contributed by atoms with Gasteiger partial charge in [-0.25, -0.2) is 4.79 Å². The Morgan fingerprint density at radius 3 is 2.39 bits per heavy atom. The highest BCUT2D eigenvalue weighted by Crippen LogP contribution is 2.77. The zero-order valence-corrected chi connectivity index (χ0v) is 26.9. The molecule has 4 fully saturated rings. The summed E-state index contributed by atoms with van der Waals surface area (Å²) in [6, 6.07) is 1.73. The first-order valence-electron chi connectivity index (χ1n) is 15.7. The van der Waals surface area contributed by atoms with Gasteiger partial charge in [-0.2, -0.15) is 0 Å². The zero-order chi connectivity index (χ0) is 33.6. The van der Waals surface area contributed by atoms with Crippen molar-refractivity contribution in [3.63, 3.8) is 0 Å². The minimum atomic E-state index is -1.64. The molecular formula is C33H44O13. The van der Waals surface area contributed by atoms with Gasteiger partial charge in [0.05, 0.1) is 32.8 Å². The SMILES string of the molecule is COC(=O)[C@@]1(C)[C@@H]([C@@]2(C)C=CC(=O)C(C)(C)[C@@H]2CO[C@@H]2O[C@H](CO)[C@@H](O)[C@H](O)[C@H]2O)CC[C@@]2(C)[C@H](c3ccoc3)OC(=O)[C@H]3O[C@]321. The van der Waals surface area contributed by atoms with Crippen molar-refractivity contribution in [1.82, 2.24) is 0 Å². The molecule has 0 radical (unpaired) electrons. The molecule has 5 aliphatic rings. The second-order valence-corrected chi connectivity index (χ2v) is 14.7. The Labute approximate surface area is 266 Å². The number of ketones is 1. The molecule has 254 valence electrons. The van der Waals surface area contributed by atoms with E-state index in [9.17, 15) is 34.8 Å². The molecule has 3 aliphatic heterocycles. The van der Waals surface area contributed by atoms with Crippen LogP contribution < -0.4 is 0 Å². The van der Waals surface area contributed by atoms with Gasteiger partial charge in [0.25, 0.3) is 0 Å². The zero-order valence-electron chi connectivity index (χ0n) is 26.9. The van der Waals surface area contributed by atoms with E-state index in [1.165, 1.54) is 25.7 Å². The normalized spacial score (nSPS) is 47.8. The second-order valence-electron chi connectivity index (χ2n) is 14.7. The Hall–Kier alpha value is -2.65. The van der Waals surface area contributed by atoms with Gasteiger partial charge in [0, 0.05) is 22.3 Å². The van der Waals surface area contributed by atoms with Crippen LogP contribution in [-0.4, -0.2) is 101 Å². The summed E-state index contributed by atoms with van der Waals surface area (Å²) in [5, 5.41) is 40.9. The molecule has 13 nitrogen and oxygen atoms in total. The average Bonchev–Trinajstić information content (AvgIpc) is 3.59. The third-order valence-corrected chi connectivity index (χ3v) is 12.2. The van der Waals surface area contributed by atoms with Crippen molar-refractivity contribution < 1.29 is 62.9 Å². The lowest BCUT2D eigenvalue weighted by Gasteiger charge is -2.62. The number of aliphatic hydroxyl groups is 4. The van der Waals surface area contributed by atoms with E-state index >= 15 is 0 Å². The number of rotatable bonds is 7. The Morgan fingerprint density at radius 1 is 1.04 bits per heavy atom. The number of aliphatic hydroxyl groups excluding tert-OH is 4. The summed E-state index contributed by atoms with van der Waals surface area (Å²) in [6.45, 7) is 8.44. The number of allylic oxidation sites excluding steroid dienone is 2.